The van der Waals surface area contributed by atoms with Crippen molar-refractivity contribution >= 4 is 11.9 Å². The Morgan fingerprint density at radius 1 is 1.57 bits per heavy atom. The molecule has 116 valence electrons. The number of hydrogen-bond acceptors (Lipinski definition) is 4. The second-order valence-corrected chi connectivity index (χ2v) is 6.68. The van der Waals surface area contributed by atoms with Crippen LogP contribution in [-0.4, -0.2) is 48.2 Å². The van der Waals surface area contributed by atoms with Gasteiger partial charge in [-0.2, -0.15) is 0 Å². The van der Waals surface area contributed by atoms with Crippen molar-refractivity contribution in [3.8, 4) is 0 Å². The van der Waals surface area contributed by atoms with Gasteiger partial charge < -0.3 is 14.4 Å². The van der Waals surface area contributed by atoms with Crippen molar-refractivity contribution in [1.82, 2.24) is 4.90 Å². The number of fused-ring (bicyclic) bond motifs is 1. The molecule has 0 saturated carbocycles. The van der Waals surface area contributed by atoms with Crippen LogP contribution in [-0.2, 0) is 19.1 Å². The lowest BCUT2D eigenvalue weighted by atomic mass is 9.77. The molecule has 3 aliphatic rings. The van der Waals surface area contributed by atoms with E-state index in [0.717, 1.165) is 6.42 Å². The van der Waals surface area contributed by atoms with Crippen LogP contribution in [0.15, 0.2) is 12.2 Å². The number of carbonyl (C=O) groups excluding carboxylic acids is 2. The predicted octanol–water partition coefficient (Wildman–Crippen LogP) is 1.38. The number of amides is 1. The van der Waals surface area contributed by atoms with Gasteiger partial charge in [-0.15, -0.1) is 0 Å². The first-order chi connectivity index (χ1) is 9.98. The smallest absolute Gasteiger partial charge is 0.312 e. The summed E-state index contributed by atoms with van der Waals surface area (Å²) in [6, 6.07) is 0. The second kappa shape index (κ2) is 5.13. The molecule has 1 amide bonds. The molecule has 0 aromatic heterocycles. The fourth-order valence-corrected chi connectivity index (χ4v) is 3.74. The minimum Gasteiger partial charge on any atom is -0.465 e. The van der Waals surface area contributed by atoms with Gasteiger partial charge in [0.05, 0.1) is 25.2 Å². The van der Waals surface area contributed by atoms with Gasteiger partial charge in [0, 0.05) is 6.54 Å². The average Bonchev–Trinajstić information content (AvgIpc) is 3.04. The van der Waals surface area contributed by atoms with Crippen molar-refractivity contribution in [3.63, 3.8) is 0 Å². The zero-order chi connectivity index (χ0) is 15.2. The molecule has 0 radical (unpaired) electrons. The largest absolute Gasteiger partial charge is 0.465 e. The predicted molar refractivity (Wildman–Crippen MR) is 76.4 cm³/mol. The summed E-state index contributed by atoms with van der Waals surface area (Å²) in [5, 5.41) is 0. The first-order valence-corrected chi connectivity index (χ1v) is 7.81. The summed E-state index contributed by atoms with van der Waals surface area (Å²) in [4.78, 5) is 26.8. The maximum absolute atomic E-state index is 12.7. The number of nitrogens with zero attached hydrogens (tertiary/aromatic N) is 1. The molecule has 3 aliphatic heterocycles. The number of rotatable bonds is 5. The third-order valence-electron chi connectivity index (χ3n) is 4.48. The Labute approximate surface area is 125 Å². The van der Waals surface area contributed by atoms with Gasteiger partial charge in [-0.05, 0) is 12.3 Å². The third-order valence-corrected chi connectivity index (χ3v) is 4.48. The molecule has 0 aromatic rings. The molecule has 2 saturated heterocycles. The summed E-state index contributed by atoms with van der Waals surface area (Å²) in [7, 11) is 0. The van der Waals surface area contributed by atoms with E-state index in [4.69, 9.17) is 9.47 Å². The van der Waals surface area contributed by atoms with Gasteiger partial charge in [-0.1, -0.05) is 32.9 Å². The van der Waals surface area contributed by atoms with Gasteiger partial charge >= 0.3 is 5.97 Å². The SMILES string of the molecule is CCCOC(=O)[C@@H]1[C@H]2C(=O)N(CC(C)C)C[C@]23C=C[C@H]1O3. The van der Waals surface area contributed by atoms with Crippen molar-refractivity contribution in [2.24, 2.45) is 17.8 Å². The molecule has 3 rings (SSSR count). The van der Waals surface area contributed by atoms with Gasteiger partial charge in [0.15, 0.2) is 0 Å². The van der Waals surface area contributed by atoms with Crippen LogP contribution < -0.4 is 0 Å². The van der Waals surface area contributed by atoms with Gasteiger partial charge in [0.1, 0.15) is 11.5 Å². The highest BCUT2D eigenvalue weighted by molar-refractivity contribution is 5.91. The van der Waals surface area contributed by atoms with Crippen LogP contribution in [0.2, 0.25) is 0 Å². The molecule has 5 heteroatoms. The van der Waals surface area contributed by atoms with Crippen LogP contribution in [0.3, 0.4) is 0 Å². The van der Waals surface area contributed by atoms with Gasteiger partial charge in [-0.25, -0.2) is 0 Å². The molecule has 21 heavy (non-hydrogen) atoms. The van der Waals surface area contributed by atoms with E-state index < -0.39 is 17.4 Å². The van der Waals surface area contributed by atoms with E-state index in [1.807, 2.05) is 24.0 Å². The zero-order valence-corrected chi connectivity index (χ0v) is 12.9. The first kappa shape index (κ1) is 14.6. The summed E-state index contributed by atoms with van der Waals surface area (Å²) < 4.78 is 11.3. The minimum atomic E-state index is -0.605. The number of esters is 1. The van der Waals surface area contributed by atoms with Gasteiger partial charge in [0.2, 0.25) is 5.91 Å². The fourth-order valence-electron chi connectivity index (χ4n) is 3.74. The lowest BCUT2D eigenvalue weighted by Gasteiger charge is -2.22. The maximum Gasteiger partial charge on any atom is 0.312 e. The molecule has 0 unspecified atom stereocenters. The van der Waals surface area contributed by atoms with E-state index >= 15 is 0 Å². The Morgan fingerprint density at radius 3 is 3.00 bits per heavy atom. The van der Waals surface area contributed by atoms with Crippen molar-refractivity contribution in [2.75, 3.05) is 19.7 Å². The molecular formula is C16H23NO4. The lowest BCUT2D eigenvalue weighted by Crippen LogP contribution is -2.40. The van der Waals surface area contributed by atoms with Crippen LogP contribution in [0.25, 0.3) is 0 Å². The van der Waals surface area contributed by atoms with E-state index in [-0.39, 0.29) is 18.0 Å². The van der Waals surface area contributed by atoms with Crippen molar-refractivity contribution in [1.29, 1.82) is 0 Å². The van der Waals surface area contributed by atoms with Crippen molar-refractivity contribution < 1.29 is 19.1 Å². The van der Waals surface area contributed by atoms with Crippen LogP contribution in [0.4, 0.5) is 0 Å². The van der Waals surface area contributed by atoms with Crippen molar-refractivity contribution in [3.05, 3.63) is 12.2 Å². The average molecular weight is 293 g/mol. The Bertz CT molecular complexity index is 487. The fraction of sp³-hybridized carbons (Fsp3) is 0.750. The Balaban J connectivity index is 1.82. The molecule has 0 aromatic carbocycles. The maximum atomic E-state index is 12.7. The van der Waals surface area contributed by atoms with E-state index in [1.165, 1.54) is 0 Å². The zero-order valence-electron chi connectivity index (χ0n) is 12.9. The summed E-state index contributed by atoms with van der Waals surface area (Å²) in [6.45, 7) is 7.78. The normalized spacial score (nSPS) is 36.7. The summed E-state index contributed by atoms with van der Waals surface area (Å²) in [6.07, 6.45) is 4.37. The van der Waals surface area contributed by atoms with Crippen LogP contribution in [0.5, 0.6) is 0 Å². The molecule has 3 heterocycles. The summed E-state index contributed by atoms with van der Waals surface area (Å²) in [5.41, 5.74) is -0.605. The number of likely N-dealkylation sites (tertiary alicyclic amines) is 1. The van der Waals surface area contributed by atoms with Crippen LogP contribution in [0.1, 0.15) is 27.2 Å². The first-order valence-electron chi connectivity index (χ1n) is 7.81. The topological polar surface area (TPSA) is 55.8 Å². The Hall–Kier alpha value is -1.36. The Kier molecular flexibility index (Phi) is 3.56. The molecule has 0 aliphatic carbocycles. The van der Waals surface area contributed by atoms with Crippen LogP contribution in [0, 0.1) is 17.8 Å². The number of ether oxygens (including phenoxy) is 2. The molecule has 4 atom stereocenters. The molecule has 5 nitrogen and oxygen atoms in total. The quantitative estimate of drug-likeness (QED) is 0.567. The highest BCUT2D eigenvalue weighted by atomic mass is 16.6. The Morgan fingerprint density at radius 2 is 2.33 bits per heavy atom. The summed E-state index contributed by atoms with van der Waals surface area (Å²) >= 11 is 0. The van der Waals surface area contributed by atoms with Gasteiger partial charge in [0.25, 0.3) is 0 Å². The molecule has 2 fully saturated rings. The highest BCUT2D eigenvalue weighted by Gasteiger charge is 2.67. The van der Waals surface area contributed by atoms with E-state index in [9.17, 15) is 9.59 Å². The van der Waals surface area contributed by atoms with Crippen molar-refractivity contribution in [2.45, 2.75) is 38.9 Å². The van der Waals surface area contributed by atoms with E-state index in [0.29, 0.717) is 25.6 Å². The number of hydrogen-bond donors (Lipinski definition) is 0. The third kappa shape index (κ3) is 2.18. The van der Waals surface area contributed by atoms with E-state index in [1.54, 1.807) is 0 Å². The standard InChI is InChI=1S/C16H23NO4/c1-4-7-20-15(19)12-11-5-6-16(21-11)9-17(8-10(2)3)14(18)13(12)16/h5-6,10-13H,4,7-9H2,1-3H3/t11-,12+,13+,16-/m1/s1. The molecular weight excluding hydrogens is 270 g/mol. The number of carbonyl (C=O) groups is 2. The lowest BCUT2D eigenvalue weighted by molar-refractivity contribution is -0.153. The van der Waals surface area contributed by atoms with Gasteiger partial charge in [-0.3, -0.25) is 9.59 Å². The monoisotopic (exact) mass is 293 g/mol. The highest BCUT2D eigenvalue weighted by Crippen LogP contribution is 2.52. The molecule has 0 N–H and O–H groups in total. The summed E-state index contributed by atoms with van der Waals surface area (Å²) in [5.74, 6) is -0.746. The minimum absolute atomic E-state index is 0.0361. The molecule has 1 spiro atoms. The van der Waals surface area contributed by atoms with E-state index in [2.05, 4.69) is 13.8 Å². The second-order valence-electron chi connectivity index (χ2n) is 6.68. The molecule has 2 bridgehead atoms. The van der Waals surface area contributed by atoms with Crippen LogP contribution >= 0.6 is 0 Å².